The van der Waals surface area contributed by atoms with Crippen LogP contribution in [-0.4, -0.2) is 16.0 Å². The summed E-state index contributed by atoms with van der Waals surface area (Å²) >= 11 is 0. The molecule has 0 bridgehead atoms. The molecule has 2 aromatic carbocycles. The Morgan fingerprint density at radius 1 is 1.08 bits per heavy atom. The van der Waals surface area contributed by atoms with E-state index < -0.39 is 0 Å². The molecule has 26 heavy (non-hydrogen) atoms. The Morgan fingerprint density at radius 3 is 2.62 bits per heavy atom. The second kappa shape index (κ2) is 8.27. The van der Waals surface area contributed by atoms with Crippen LogP contribution in [0.5, 0.6) is 5.75 Å². The van der Waals surface area contributed by atoms with Crippen LogP contribution in [0.1, 0.15) is 34.5 Å². The van der Waals surface area contributed by atoms with Crippen LogP contribution in [0.3, 0.4) is 0 Å². The number of pyridine rings is 1. The standard InChI is InChI=1S/C21H21N3O2/c1-15(18-5-3-7-20(25)13-18)23-14-16-4-2-6-19(12-16)24-21(26)17-8-10-22-11-9-17/h2-13,15,23,25H,14H2,1H3,(H,24,26)/t15-/m0/s1. The number of amides is 1. The van der Waals surface area contributed by atoms with Crippen molar-refractivity contribution < 1.29 is 9.90 Å². The van der Waals surface area contributed by atoms with Crippen LogP contribution in [0.15, 0.2) is 73.1 Å². The van der Waals surface area contributed by atoms with Crippen LogP contribution >= 0.6 is 0 Å². The van der Waals surface area contributed by atoms with Crippen LogP contribution in [0.2, 0.25) is 0 Å². The van der Waals surface area contributed by atoms with Gasteiger partial charge in [-0.15, -0.1) is 0 Å². The van der Waals surface area contributed by atoms with Crippen LogP contribution < -0.4 is 10.6 Å². The molecule has 0 aliphatic rings. The molecule has 0 spiro atoms. The summed E-state index contributed by atoms with van der Waals surface area (Å²) in [6, 6.07) is 18.4. The van der Waals surface area contributed by atoms with E-state index in [4.69, 9.17) is 0 Å². The van der Waals surface area contributed by atoms with E-state index in [-0.39, 0.29) is 17.7 Å². The molecule has 3 aromatic rings. The number of carbonyl (C=O) groups excluding carboxylic acids is 1. The minimum Gasteiger partial charge on any atom is -0.508 e. The second-order valence-corrected chi connectivity index (χ2v) is 6.09. The van der Waals surface area contributed by atoms with Crippen molar-refractivity contribution in [1.82, 2.24) is 10.3 Å². The molecule has 0 saturated carbocycles. The average Bonchev–Trinajstić information content (AvgIpc) is 2.67. The number of benzene rings is 2. The minimum atomic E-state index is -0.161. The number of rotatable bonds is 6. The minimum absolute atomic E-state index is 0.0946. The highest BCUT2D eigenvalue weighted by Gasteiger charge is 2.08. The Balaban J connectivity index is 1.61. The molecular weight excluding hydrogens is 326 g/mol. The van der Waals surface area contributed by atoms with Crippen LogP contribution in [0.4, 0.5) is 5.69 Å². The van der Waals surface area contributed by atoms with Crippen LogP contribution in [0, 0.1) is 0 Å². The first-order chi connectivity index (χ1) is 12.6. The van der Waals surface area contributed by atoms with E-state index in [9.17, 15) is 9.90 Å². The molecule has 0 fully saturated rings. The molecule has 3 N–H and O–H groups in total. The molecule has 0 aliphatic carbocycles. The zero-order valence-corrected chi connectivity index (χ0v) is 14.5. The maximum absolute atomic E-state index is 12.2. The van der Waals surface area contributed by atoms with E-state index in [0.717, 1.165) is 16.8 Å². The third kappa shape index (κ3) is 4.68. The monoisotopic (exact) mass is 347 g/mol. The van der Waals surface area contributed by atoms with Gasteiger partial charge in [-0.05, 0) is 54.4 Å². The second-order valence-electron chi connectivity index (χ2n) is 6.09. The highest BCUT2D eigenvalue weighted by atomic mass is 16.3. The number of hydrogen-bond donors (Lipinski definition) is 3. The number of phenols is 1. The Morgan fingerprint density at radius 2 is 1.85 bits per heavy atom. The van der Waals surface area contributed by atoms with Gasteiger partial charge >= 0.3 is 0 Å². The van der Waals surface area contributed by atoms with Gasteiger partial charge in [0.15, 0.2) is 0 Å². The number of anilines is 1. The number of phenolic OH excluding ortho intramolecular Hbond substituents is 1. The number of nitrogens with one attached hydrogen (secondary N) is 2. The predicted molar refractivity (Wildman–Crippen MR) is 102 cm³/mol. The first-order valence-corrected chi connectivity index (χ1v) is 8.44. The quantitative estimate of drug-likeness (QED) is 0.632. The molecule has 5 nitrogen and oxygen atoms in total. The normalized spacial score (nSPS) is 11.7. The Bertz CT molecular complexity index is 881. The number of carbonyl (C=O) groups is 1. The van der Waals surface area contributed by atoms with E-state index in [1.807, 2.05) is 43.3 Å². The largest absolute Gasteiger partial charge is 0.508 e. The van der Waals surface area contributed by atoms with Gasteiger partial charge in [0.1, 0.15) is 5.75 Å². The molecule has 0 aliphatic heterocycles. The van der Waals surface area contributed by atoms with Crippen molar-refractivity contribution in [3.05, 3.63) is 89.7 Å². The summed E-state index contributed by atoms with van der Waals surface area (Å²) in [6.45, 7) is 2.69. The molecule has 132 valence electrons. The smallest absolute Gasteiger partial charge is 0.255 e. The van der Waals surface area contributed by atoms with Gasteiger partial charge in [-0.25, -0.2) is 0 Å². The molecule has 1 aromatic heterocycles. The molecule has 5 heteroatoms. The lowest BCUT2D eigenvalue weighted by Crippen LogP contribution is -2.18. The molecule has 1 amide bonds. The molecule has 1 heterocycles. The summed E-state index contributed by atoms with van der Waals surface area (Å²) in [6.07, 6.45) is 3.19. The molecule has 1 atom stereocenters. The van der Waals surface area contributed by atoms with Crippen molar-refractivity contribution in [2.24, 2.45) is 0 Å². The SMILES string of the molecule is C[C@H](NCc1cccc(NC(=O)c2ccncc2)c1)c1cccc(O)c1. The topological polar surface area (TPSA) is 74.2 Å². The van der Waals surface area contributed by atoms with E-state index in [2.05, 4.69) is 15.6 Å². The number of aromatic nitrogens is 1. The van der Waals surface area contributed by atoms with Gasteiger partial charge in [-0.2, -0.15) is 0 Å². The van der Waals surface area contributed by atoms with E-state index in [1.54, 1.807) is 36.7 Å². The van der Waals surface area contributed by atoms with Crippen molar-refractivity contribution in [1.29, 1.82) is 0 Å². The fourth-order valence-corrected chi connectivity index (χ4v) is 2.65. The molecular formula is C21H21N3O2. The first-order valence-electron chi connectivity index (χ1n) is 8.44. The van der Waals surface area contributed by atoms with Gasteiger partial charge in [0.25, 0.3) is 5.91 Å². The molecule has 3 rings (SSSR count). The fourth-order valence-electron chi connectivity index (χ4n) is 2.65. The van der Waals surface area contributed by atoms with Gasteiger partial charge in [0.05, 0.1) is 0 Å². The molecule has 0 radical (unpaired) electrons. The lowest BCUT2D eigenvalue weighted by atomic mass is 10.1. The summed E-state index contributed by atoms with van der Waals surface area (Å²) < 4.78 is 0. The highest BCUT2D eigenvalue weighted by molar-refractivity contribution is 6.04. The number of nitrogens with zero attached hydrogens (tertiary/aromatic N) is 1. The Kier molecular flexibility index (Phi) is 5.61. The third-order valence-corrected chi connectivity index (χ3v) is 4.11. The maximum atomic E-state index is 12.2. The van der Waals surface area contributed by atoms with Crippen molar-refractivity contribution in [2.75, 3.05) is 5.32 Å². The third-order valence-electron chi connectivity index (χ3n) is 4.11. The summed E-state index contributed by atoms with van der Waals surface area (Å²) in [5.74, 6) is 0.0996. The van der Waals surface area contributed by atoms with Crippen LogP contribution in [-0.2, 0) is 6.54 Å². The predicted octanol–water partition coefficient (Wildman–Crippen LogP) is 3.89. The summed E-state index contributed by atoms with van der Waals surface area (Å²) in [5, 5.41) is 15.9. The zero-order valence-electron chi connectivity index (χ0n) is 14.5. The molecule has 0 unspecified atom stereocenters. The van der Waals surface area contributed by atoms with Gasteiger partial charge in [0, 0.05) is 36.2 Å². The number of aromatic hydroxyl groups is 1. The van der Waals surface area contributed by atoms with Crippen molar-refractivity contribution in [2.45, 2.75) is 19.5 Å². The van der Waals surface area contributed by atoms with Crippen LogP contribution in [0.25, 0.3) is 0 Å². The summed E-state index contributed by atoms with van der Waals surface area (Å²) in [5.41, 5.74) is 3.40. The number of hydrogen-bond acceptors (Lipinski definition) is 4. The van der Waals surface area contributed by atoms with Crippen molar-refractivity contribution in [3.8, 4) is 5.75 Å². The van der Waals surface area contributed by atoms with Gasteiger partial charge in [0.2, 0.25) is 0 Å². The Hall–Kier alpha value is -3.18. The van der Waals surface area contributed by atoms with Crippen molar-refractivity contribution >= 4 is 11.6 Å². The molecule has 0 saturated heterocycles. The average molecular weight is 347 g/mol. The van der Waals surface area contributed by atoms with E-state index >= 15 is 0 Å². The van der Waals surface area contributed by atoms with Gasteiger partial charge in [-0.3, -0.25) is 9.78 Å². The first kappa shape index (κ1) is 17.6. The fraction of sp³-hybridized carbons (Fsp3) is 0.143. The lowest BCUT2D eigenvalue weighted by Gasteiger charge is -2.15. The maximum Gasteiger partial charge on any atom is 0.255 e. The van der Waals surface area contributed by atoms with E-state index in [1.165, 1.54) is 0 Å². The van der Waals surface area contributed by atoms with Gasteiger partial charge < -0.3 is 15.7 Å². The lowest BCUT2D eigenvalue weighted by molar-refractivity contribution is 0.102. The van der Waals surface area contributed by atoms with E-state index in [0.29, 0.717) is 12.1 Å². The Labute approximate surface area is 152 Å². The summed E-state index contributed by atoms with van der Waals surface area (Å²) in [4.78, 5) is 16.1. The highest BCUT2D eigenvalue weighted by Crippen LogP contribution is 2.19. The zero-order chi connectivity index (χ0) is 18.4. The van der Waals surface area contributed by atoms with Gasteiger partial charge in [-0.1, -0.05) is 24.3 Å². The van der Waals surface area contributed by atoms with Crippen molar-refractivity contribution in [3.63, 3.8) is 0 Å². The summed E-state index contributed by atoms with van der Waals surface area (Å²) in [7, 11) is 0.